The van der Waals surface area contributed by atoms with Crippen LogP contribution in [0.15, 0.2) is 82.8 Å². The lowest BCUT2D eigenvalue weighted by molar-refractivity contribution is 0.0581. The molecule has 5 unspecified atom stereocenters. The molecule has 0 aliphatic heterocycles. The second-order valence-corrected chi connectivity index (χ2v) is 19.8. The number of hydrogen-bond donors (Lipinski definition) is 3. The molecule has 2 aromatic rings. The number of allylic oxidation sites excluding steroid dienone is 1. The number of rotatable bonds is 36. The van der Waals surface area contributed by atoms with E-state index in [0.717, 1.165) is 54.6 Å². The molecule has 4 N–H and O–H groups in total. The Hall–Kier alpha value is -2.96. The van der Waals surface area contributed by atoms with Crippen LogP contribution in [0.1, 0.15) is 214 Å². The zero-order valence-electron chi connectivity index (χ0n) is 41.7. The maximum absolute atomic E-state index is 5.75. The molecule has 0 heterocycles. The van der Waals surface area contributed by atoms with Gasteiger partial charge in [-0.05, 0) is 107 Å². The molecular weight excluding hydrogens is 769 g/mol. The third-order valence-corrected chi connectivity index (χ3v) is 14.2. The van der Waals surface area contributed by atoms with Crippen molar-refractivity contribution in [1.82, 2.24) is 10.9 Å². The van der Waals surface area contributed by atoms with Crippen LogP contribution in [-0.2, 0) is 0 Å². The molecule has 6 nitrogen and oxygen atoms in total. The zero-order chi connectivity index (χ0) is 45.2. The van der Waals surface area contributed by atoms with Crippen molar-refractivity contribution in [3.05, 3.63) is 72.8 Å². The minimum absolute atomic E-state index is 0.294. The van der Waals surface area contributed by atoms with Gasteiger partial charge in [0.2, 0.25) is 5.96 Å². The number of guanidine groups is 1. The van der Waals surface area contributed by atoms with Crippen LogP contribution in [0, 0.1) is 29.1 Å². The number of aliphatic imine (C=N–C) groups is 2. The second kappa shape index (κ2) is 34.4. The maximum atomic E-state index is 5.75. The number of benzene rings is 2. The summed E-state index contributed by atoms with van der Waals surface area (Å²) in [7, 11) is 0. The molecule has 63 heavy (non-hydrogen) atoms. The fraction of sp³-hybridized carbons (Fsp3) is 0.719. The molecule has 1 fully saturated rings. The molecule has 3 rings (SSSR count). The van der Waals surface area contributed by atoms with Crippen molar-refractivity contribution < 1.29 is 0 Å². The Morgan fingerprint density at radius 2 is 1.08 bits per heavy atom. The van der Waals surface area contributed by atoms with Crippen molar-refractivity contribution in [3.63, 3.8) is 0 Å². The van der Waals surface area contributed by atoms with Gasteiger partial charge in [-0.3, -0.25) is 15.3 Å². The van der Waals surface area contributed by atoms with Gasteiger partial charge in [-0.1, -0.05) is 218 Å². The lowest BCUT2D eigenvalue weighted by Gasteiger charge is -2.44. The van der Waals surface area contributed by atoms with Crippen LogP contribution < -0.4 is 21.5 Å². The standard InChI is InChI=1S/C57H98N6/c1-7-10-12-26-36-49-44-45-50(54(53(49)42-32-13-11-8-2)43-33-21-17-14-18-22-34-47-58)37-27-20-16-15-19-23-35-48-60-62-56(61-55(59-6)57(4,5)46-9-3)63(51-38-28-24-29-39-51)52-40-30-25-31-41-52/h9,24-25,28-31,38-41,46,49-50,53-55,60H,6-8,10-23,26-27,32-37,42-45,47-48,58H2,1-5H3,(H,61,62). The van der Waals surface area contributed by atoms with Crippen LogP contribution in [0.4, 0.5) is 11.4 Å². The molecule has 0 bridgehead atoms. The molecule has 6 heteroatoms. The van der Waals surface area contributed by atoms with Crippen LogP contribution in [0.5, 0.6) is 0 Å². The predicted molar refractivity (Wildman–Crippen MR) is 279 cm³/mol. The Labute approximate surface area is 389 Å². The van der Waals surface area contributed by atoms with Gasteiger partial charge >= 0.3 is 0 Å². The summed E-state index contributed by atoms with van der Waals surface area (Å²) in [6.45, 7) is 16.8. The first-order valence-corrected chi connectivity index (χ1v) is 26.7. The molecule has 0 saturated heterocycles. The van der Waals surface area contributed by atoms with Crippen molar-refractivity contribution in [3.8, 4) is 0 Å². The van der Waals surface area contributed by atoms with E-state index >= 15 is 0 Å². The lowest BCUT2D eigenvalue weighted by atomic mass is 9.61. The molecule has 0 amide bonds. The van der Waals surface area contributed by atoms with Gasteiger partial charge in [0.1, 0.15) is 0 Å². The minimum atomic E-state index is -0.363. The average Bonchev–Trinajstić information content (AvgIpc) is 3.29. The lowest BCUT2D eigenvalue weighted by Crippen LogP contribution is -2.47. The predicted octanol–water partition coefficient (Wildman–Crippen LogP) is 16.3. The number of hydrogen-bond acceptors (Lipinski definition) is 4. The third kappa shape index (κ3) is 21.7. The molecule has 0 aromatic heterocycles. The summed E-state index contributed by atoms with van der Waals surface area (Å²) in [5.41, 5.74) is 14.6. The Morgan fingerprint density at radius 3 is 1.52 bits per heavy atom. The highest BCUT2D eigenvalue weighted by Gasteiger charge is 2.38. The van der Waals surface area contributed by atoms with E-state index < -0.39 is 0 Å². The van der Waals surface area contributed by atoms with Crippen LogP contribution >= 0.6 is 0 Å². The first-order valence-electron chi connectivity index (χ1n) is 26.7. The molecule has 0 spiro atoms. The number of nitrogens with one attached hydrogen (secondary N) is 2. The van der Waals surface area contributed by atoms with E-state index in [1.54, 1.807) is 0 Å². The molecule has 5 atom stereocenters. The topological polar surface area (TPSA) is 78.0 Å². The van der Waals surface area contributed by atoms with Crippen molar-refractivity contribution in [1.29, 1.82) is 0 Å². The van der Waals surface area contributed by atoms with Gasteiger partial charge in [0.15, 0.2) is 6.17 Å². The smallest absolute Gasteiger partial charge is 0.220 e. The first kappa shape index (κ1) is 54.4. The highest BCUT2D eigenvalue weighted by molar-refractivity contribution is 6.02. The average molecular weight is 867 g/mol. The quantitative estimate of drug-likeness (QED) is 0.0210. The highest BCUT2D eigenvalue weighted by atomic mass is 15.5. The van der Waals surface area contributed by atoms with Crippen LogP contribution in [-0.4, -0.2) is 31.9 Å². The molecule has 1 aliphatic rings. The number of nitrogens with zero attached hydrogens (tertiary/aromatic N) is 3. The van der Waals surface area contributed by atoms with Crippen molar-refractivity contribution in [2.45, 2.75) is 221 Å². The van der Waals surface area contributed by atoms with Crippen LogP contribution in [0.3, 0.4) is 0 Å². The number of anilines is 2. The second-order valence-electron chi connectivity index (χ2n) is 19.8. The zero-order valence-corrected chi connectivity index (χ0v) is 41.7. The van der Waals surface area contributed by atoms with Crippen molar-refractivity contribution in [2.75, 3.05) is 18.0 Å². The summed E-state index contributed by atoms with van der Waals surface area (Å²) >= 11 is 0. The van der Waals surface area contributed by atoms with Crippen molar-refractivity contribution in [2.24, 2.45) is 44.8 Å². The summed E-state index contributed by atoms with van der Waals surface area (Å²) in [6.07, 6.45) is 43.1. The molecule has 2 aromatic carbocycles. The van der Waals surface area contributed by atoms with E-state index in [0.29, 0.717) is 5.96 Å². The highest BCUT2D eigenvalue weighted by Crippen LogP contribution is 2.48. The van der Waals surface area contributed by atoms with E-state index in [1.165, 1.54) is 173 Å². The number of para-hydroxylation sites is 2. The normalized spacial score (nSPS) is 18.8. The maximum Gasteiger partial charge on any atom is 0.220 e. The van der Waals surface area contributed by atoms with Crippen LogP contribution in [0.2, 0.25) is 0 Å². The summed E-state index contributed by atoms with van der Waals surface area (Å²) in [5, 5.41) is 0. The van der Waals surface area contributed by atoms with E-state index in [1.807, 2.05) is 6.92 Å². The Morgan fingerprint density at radius 1 is 0.651 bits per heavy atom. The van der Waals surface area contributed by atoms with Gasteiger partial charge in [0.05, 0.1) is 0 Å². The van der Waals surface area contributed by atoms with Crippen molar-refractivity contribution >= 4 is 24.1 Å². The largest absolute Gasteiger partial charge is 0.330 e. The van der Waals surface area contributed by atoms with E-state index in [-0.39, 0.29) is 11.6 Å². The van der Waals surface area contributed by atoms with Gasteiger partial charge in [-0.2, -0.15) is 0 Å². The Balaban J connectivity index is 1.51. The Bertz CT molecular complexity index is 1400. The van der Waals surface area contributed by atoms with E-state index in [2.05, 4.69) is 128 Å². The fourth-order valence-corrected chi connectivity index (χ4v) is 10.6. The Kier molecular flexibility index (Phi) is 29.7. The number of nitrogens with two attached hydrogens (primary N) is 1. The van der Waals surface area contributed by atoms with E-state index in [9.17, 15) is 0 Å². The monoisotopic (exact) mass is 867 g/mol. The summed E-state index contributed by atoms with van der Waals surface area (Å²) < 4.78 is 0. The van der Waals surface area contributed by atoms with Gasteiger partial charge < -0.3 is 5.73 Å². The van der Waals surface area contributed by atoms with Gasteiger partial charge in [0.25, 0.3) is 0 Å². The van der Waals surface area contributed by atoms with E-state index in [4.69, 9.17) is 10.7 Å². The molecule has 0 radical (unpaired) electrons. The third-order valence-electron chi connectivity index (χ3n) is 14.2. The van der Waals surface area contributed by atoms with Gasteiger partial charge in [-0.15, -0.1) is 0 Å². The molecule has 1 saturated carbocycles. The minimum Gasteiger partial charge on any atom is -0.330 e. The molecular formula is C57H98N6. The van der Waals surface area contributed by atoms with Crippen LogP contribution in [0.25, 0.3) is 0 Å². The summed E-state index contributed by atoms with van der Waals surface area (Å²) in [5.74, 6) is 4.64. The molecule has 1 aliphatic carbocycles. The fourth-order valence-electron chi connectivity index (χ4n) is 10.6. The number of unbranched alkanes of at least 4 members (excludes halogenated alkanes) is 18. The summed E-state index contributed by atoms with van der Waals surface area (Å²) in [6, 6.07) is 20.9. The number of hydrazine groups is 1. The van der Waals surface area contributed by atoms with Gasteiger partial charge in [-0.25, -0.2) is 10.4 Å². The summed E-state index contributed by atoms with van der Waals surface area (Å²) in [4.78, 5) is 11.9. The molecule has 356 valence electrons. The first-order chi connectivity index (χ1) is 30.9. The SMILES string of the molecule is C=NC(N=C(NNCCCCCCCCCC1CCC(CCCCCC)C(CCCCCC)C1CCCCCCCCCN)N(c1ccccc1)c1ccccc1)C(C)(C)C=CC. The van der Waals surface area contributed by atoms with Gasteiger partial charge in [0, 0.05) is 23.3 Å².